The van der Waals surface area contributed by atoms with Crippen LogP contribution in [-0.4, -0.2) is 25.0 Å². The van der Waals surface area contributed by atoms with Crippen molar-refractivity contribution in [1.82, 2.24) is 10.6 Å². The van der Waals surface area contributed by atoms with Crippen LogP contribution in [0, 0.1) is 5.92 Å². The van der Waals surface area contributed by atoms with E-state index >= 15 is 0 Å². The molecule has 0 heterocycles. The zero-order valence-electron chi connectivity index (χ0n) is 9.31. The second-order valence-electron chi connectivity index (χ2n) is 4.29. The van der Waals surface area contributed by atoms with Crippen molar-refractivity contribution in [2.24, 2.45) is 5.92 Å². The Hall–Kier alpha value is -0.570. The van der Waals surface area contributed by atoms with Gasteiger partial charge in [0.1, 0.15) is 0 Å². The summed E-state index contributed by atoms with van der Waals surface area (Å²) in [5.41, 5.74) is 0. The van der Waals surface area contributed by atoms with Crippen molar-refractivity contribution in [3.05, 3.63) is 0 Å². The number of carbonyl (C=O) groups excluding carboxylic acids is 1. The molecule has 0 saturated heterocycles. The van der Waals surface area contributed by atoms with E-state index in [9.17, 15) is 4.79 Å². The third-order valence-corrected chi connectivity index (χ3v) is 2.73. The van der Waals surface area contributed by atoms with Gasteiger partial charge < -0.3 is 10.6 Å². The largest absolute Gasteiger partial charge is 0.353 e. The summed E-state index contributed by atoms with van der Waals surface area (Å²) in [7, 11) is 0. The molecule has 0 spiro atoms. The van der Waals surface area contributed by atoms with E-state index in [0.717, 1.165) is 18.9 Å². The molecule has 1 rings (SSSR count). The van der Waals surface area contributed by atoms with Gasteiger partial charge in [-0.3, -0.25) is 4.79 Å². The van der Waals surface area contributed by atoms with E-state index in [1.807, 2.05) is 6.92 Å². The molecule has 0 aliphatic heterocycles. The first kappa shape index (κ1) is 11.5. The molecule has 2 N–H and O–H groups in total. The van der Waals surface area contributed by atoms with Gasteiger partial charge in [0, 0.05) is 6.04 Å². The maximum absolute atomic E-state index is 11.3. The number of carbonyl (C=O) groups is 1. The molecule has 1 saturated carbocycles. The fourth-order valence-corrected chi connectivity index (χ4v) is 1.34. The first-order valence-corrected chi connectivity index (χ1v) is 5.72. The summed E-state index contributed by atoms with van der Waals surface area (Å²) >= 11 is 0. The monoisotopic (exact) mass is 198 g/mol. The van der Waals surface area contributed by atoms with Crippen LogP contribution in [0.4, 0.5) is 0 Å². The van der Waals surface area contributed by atoms with Crippen LogP contribution in [0.1, 0.15) is 39.5 Å². The minimum Gasteiger partial charge on any atom is -0.353 e. The summed E-state index contributed by atoms with van der Waals surface area (Å²) in [5.74, 6) is 1.07. The van der Waals surface area contributed by atoms with Crippen LogP contribution in [0.5, 0.6) is 0 Å². The van der Waals surface area contributed by atoms with Crippen molar-refractivity contribution in [2.75, 3.05) is 13.1 Å². The maximum Gasteiger partial charge on any atom is 0.234 e. The predicted octanol–water partition coefficient (Wildman–Crippen LogP) is 1.29. The van der Waals surface area contributed by atoms with Gasteiger partial charge in [0.25, 0.3) is 0 Å². The molecule has 1 fully saturated rings. The Kier molecular flexibility index (Phi) is 4.94. The number of rotatable bonds is 7. The van der Waals surface area contributed by atoms with Crippen LogP contribution in [0.15, 0.2) is 0 Å². The summed E-state index contributed by atoms with van der Waals surface area (Å²) in [6.07, 6.45) is 5.01. The molecule has 82 valence electrons. The molecular weight excluding hydrogens is 176 g/mol. The van der Waals surface area contributed by atoms with Crippen molar-refractivity contribution in [2.45, 2.75) is 45.6 Å². The SMILES string of the molecule is CCC(C)NC(=O)CNCCC1CC1. The molecule has 0 bridgehead atoms. The highest BCUT2D eigenvalue weighted by atomic mass is 16.1. The summed E-state index contributed by atoms with van der Waals surface area (Å²) < 4.78 is 0. The fourth-order valence-electron chi connectivity index (χ4n) is 1.34. The van der Waals surface area contributed by atoms with E-state index in [-0.39, 0.29) is 5.91 Å². The van der Waals surface area contributed by atoms with Crippen LogP contribution in [-0.2, 0) is 4.79 Å². The van der Waals surface area contributed by atoms with Gasteiger partial charge in [0.15, 0.2) is 0 Å². The van der Waals surface area contributed by atoms with E-state index in [2.05, 4.69) is 17.6 Å². The van der Waals surface area contributed by atoms with Crippen molar-refractivity contribution in [3.8, 4) is 0 Å². The molecule has 0 radical (unpaired) electrons. The second-order valence-corrected chi connectivity index (χ2v) is 4.29. The Balaban J connectivity index is 1.91. The summed E-state index contributed by atoms with van der Waals surface area (Å²) in [6.45, 7) is 5.56. The third kappa shape index (κ3) is 5.22. The Morgan fingerprint density at radius 2 is 2.21 bits per heavy atom. The zero-order valence-corrected chi connectivity index (χ0v) is 9.31. The first-order valence-electron chi connectivity index (χ1n) is 5.72. The smallest absolute Gasteiger partial charge is 0.234 e. The topological polar surface area (TPSA) is 41.1 Å². The Morgan fingerprint density at radius 1 is 1.50 bits per heavy atom. The molecule has 0 aromatic rings. The average molecular weight is 198 g/mol. The van der Waals surface area contributed by atoms with Gasteiger partial charge in [-0.25, -0.2) is 0 Å². The van der Waals surface area contributed by atoms with Crippen molar-refractivity contribution >= 4 is 5.91 Å². The summed E-state index contributed by atoms with van der Waals surface area (Å²) in [5, 5.41) is 6.11. The average Bonchev–Trinajstić information content (AvgIpc) is 2.96. The molecule has 14 heavy (non-hydrogen) atoms. The lowest BCUT2D eigenvalue weighted by Crippen LogP contribution is -2.39. The molecule has 3 heteroatoms. The molecule has 1 amide bonds. The first-order chi connectivity index (χ1) is 6.72. The Morgan fingerprint density at radius 3 is 2.79 bits per heavy atom. The number of amides is 1. The normalized spacial score (nSPS) is 17.9. The van der Waals surface area contributed by atoms with Crippen LogP contribution >= 0.6 is 0 Å². The highest BCUT2D eigenvalue weighted by molar-refractivity contribution is 5.78. The fraction of sp³-hybridized carbons (Fsp3) is 0.909. The zero-order chi connectivity index (χ0) is 10.4. The molecule has 3 nitrogen and oxygen atoms in total. The van der Waals surface area contributed by atoms with Crippen LogP contribution < -0.4 is 10.6 Å². The van der Waals surface area contributed by atoms with Gasteiger partial charge in [-0.2, -0.15) is 0 Å². The van der Waals surface area contributed by atoms with Gasteiger partial charge in [-0.15, -0.1) is 0 Å². The Bertz CT molecular complexity index is 178. The summed E-state index contributed by atoms with van der Waals surface area (Å²) in [6, 6.07) is 0.299. The van der Waals surface area contributed by atoms with Gasteiger partial charge >= 0.3 is 0 Å². The Labute approximate surface area is 86.6 Å². The lowest BCUT2D eigenvalue weighted by molar-refractivity contribution is -0.120. The summed E-state index contributed by atoms with van der Waals surface area (Å²) in [4.78, 5) is 11.3. The lowest BCUT2D eigenvalue weighted by atomic mass is 10.2. The standard InChI is InChI=1S/C11H22N2O/c1-3-9(2)13-11(14)8-12-7-6-10-4-5-10/h9-10,12H,3-8H2,1-2H3,(H,13,14). The van der Waals surface area contributed by atoms with Gasteiger partial charge in [-0.05, 0) is 32.2 Å². The predicted molar refractivity (Wildman–Crippen MR) is 58.1 cm³/mol. The van der Waals surface area contributed by atoms with Crippen LogP contribution in [0.2, 0.25) is 0 Å². The molecular formula is C11H22N2O. The highest BCUT2D eigenvalue weighted by Crippen LogP contribution is 2.31. The molecule has 0 aromatic heterocycles. The second kappa shape index (κ2) is 6.02. The lowest BCUT2D eigenvalue weighted by Gasteiger charge is -2.11. The molecule has 1 aliphatic rings. The van der Waals surface area contributed by atoms with Gasteiger partial charge in [-0.1, -0.05) is 19.8 Å². The van der Waals surface area contributed by atoms with Crippen molar-refractivity contribution in [1.29, 1.82) is 0 Å². The minimum absolute atomic E-state index is 0.121. The van der Waals surface area contributed by atoms with Gasteiger partial charge in [0.2, 0.25) is 5.91 Å². The number of hydrogen-bond donors (Lipinski definition) is 2. The third-order valence-electron chi connectivity index (χ3n) is 2.73. The van der Waals surface area contributed by atoms with E-state index in [0.29, 0.717) is 12.6 Å². The van der Waals surface area contributed by atoms with E-state index in [4.69, 9.17) is 0 Å². The molecule has 0 aromatic carbocycles. The van der Waals surface area contributed by atoms with Crippen molar-refractivity contribution in [3.63, 3.8) is 0 Å². The number of nitrogens with one attached hydrogen (secondary N) is 2. The highest BCUT2D eigenvalue weighted by Gasteiger charge is 2.20. The van der Waals surface area contributed by atoms with E-state index in [1.54, 1.807) is 0 Å². The van der Waals surface area contributed by atoms with Crippen molar-refractivity contribution < 1.29 is 4.79 Å². The van der Waals surface area contributed by atoms with E-state index in [1.165, 1.54) is 19.3 Å². The maximum atomic E-state index is 11.3. The van der Waals surface area contributed by atoms with Crippen LogP contribution in [0.25, 0.3) is 0 Å². The molecule has 1 unspecified atom stereocenters. The minimum atomic E-state index is 0.121. The number of hydrogen-bond acceptors (Lipinski definition) is 2. The van der Waals surface area contributed by atoms with Gasteiger partial charge in [0.05, 0.1) is 6.54 Å². The van der Waals surface area contributed by atoms with Crippen LogP contribution in [0.3, 0.4) is 0 Å². The van der Waals surface area contributed by atoms with E-state index < -0.39 is 0 Å². The molecule has 1 aliphatic carbocycles. The molecule has 1 atom stereocenters. The quantitative estimate of drug-likeness (QED) is 0.605.